The van der Waals surface area contributed by atoms with E-state index < -0.39 is 6.10 Å². The first-order valence-corrected chi connectivity index (χ1v) is 8.20. The Hall–Kier alpha value is -1.55. The Morgan fingerprint density at radius 2 is 1.57 bits per heavy atom. The number of benzene rings is 1. The van der Waals surface area contributed by atoms with Crippen LogP contribution in [0.3, 0.4) is 0 Å². The van der Waals surface area contributed by atoms with Gasteiger partial charge in [0.25, 0.3) is 0 Å². The van der Waals surface area contributed by atoms with Crippen LogP contribution < -0.4 is 0 Å². The van der Waals surface area contributed by atoms with E-state index in [0.717, 1.165) is 22.4 Å². The minimum absolute atomic E-state index is 0.177. The molecular formula is C19H29NO3. The molecule has 0 aromatic heterocycles. The van der Waals surface area contributed by atoms with Gasteiger partial charge in [0.1, 0.15) is 5.75 Å². The van der Waals surface area contributed by atoms with Crippen molar-refractivity contribution in [3.8, 4) is 5.75 Å². The summed E-state index contributed by atoms with van der Waals surface area (Å²) in [6, 6.07) is 3.99. The van der Waals surface area contributed by atoms with Crippen molar-refractivity contribution in [2.75, 3.05) is 0 Å². The van der Waals surface area contributed by atoms with E-state index in [0.29, 0.717) is 12.2 Å². The van der Waals surface area contributed by atoms with Crippen molar-refractivity contribution in [3.63, 3.8) is 0 Å². The fourth-order valence-electron chi connectivity index (χ4n) is 2.77. The van der Waals surface area contributed by atoms with Crippen LogP contribution in [0.15, 0.2) is 17.3 Å². The summed E-state index contributed by atoms with van der Waals surface area (Å²) in [7, 11) is 0. The maximum Gasteiger partial charge on any atom is 0.158 e. The molecule has 2 N–H and O–H groups in total. The molecule has 1 heterocycles. The van der Waals surface area contributed by atoms with E-state index in [-0.39, 0.29) is 16.9 Å². The molecule has 1 aliphatic rings. The van der Waals surface area contributed by atoms with E-state index in [2.05, 4.69) is 46.7 Å². The van der Waals surface area contributed by atoms with Gasteiger partial charge in [0, 0.05) is 23.1 Å². The zero-order valence-electron chi connectivity index (χ0n) is 15.3. The van der Waals surface area contributed by atoms with Gasteiger partial charge >= 0.3 is 0 Å². The van der Waals surface area contributed by atoms with Gasteiger partial charge in [-0.25, -0.2) is 0 Å². The van der Waals surface area contributed by atoms with Crippen LogP contribution in [0.1, 0.15) is 71.6 Å². The Kier molecular flexibility index (Phi) is 4.51. The van der Waals surface area contributed by atoms with Crippen molar-refractivity contribution >= 4 is 5.71 Å². The Bertz CT molecular complexity index is 583. The number of oxime groups is 1. The quantitative estimate of drug-likeness (QED) is 0.870. The summed E-state index contributed by atoms with van der Waals surface area (Å²) >= 11 is 0. The predicted molar refractivity (Wildman–Crippen MR) is 93.2 cm³/mol. The second-order valence-electron chi connectivity index (χ2n) is 8.55. The van der Waals surface area contributed by atoms with Gasteiger partial charge in [0.15, 0.2) is 6.10 Å². The van der Waals surface area contributed by atoms with Gasteiger partial charge in [0.05, 0.1) is 11.8 Å². The summed E-state index contributed by atoms with van der Waals surface area (Å²) in [4.78, 5) is 5.34. The molecule has 23 heavy (non-hydrogen) atoms. The van der Waals surface area contributed by atoms with Crippen molar-refractivity contribution < 1.29 is 15.1 Å². The SMILES string of the molecule is C[C@H](O)[C@@H]1CC(c2cc(C(C)(C)C)c(O)c(C(C)(C)C)c2)=NO1. The van der Waals surface area contributed by atoms with Gasteiger partial charge in [-0.1, -0.05) is 46.7 Å². The number of hydrogen-bond acceptors (Lipinski definition) is 4. The molecule has 0 spiro atoms. The first-order chi connectivity index (χ1) is 10.4. The smallest absolute Gasteiger partial charge is 0.158 e. The average Bonchev–Trinajstić information content (AvgIpc) is 2.85. The number of phenolic OH excluding ortho intramolecular Hbond substituents is 1. The highest BCUT2D eigenvalue weighted by atomic mass is 16.6. The molecule has 0 saturated carbocycles. The van der Waals surface area contributed by atoms with Crippen LogP contribution in [0.5, 0.6) is 5.75 Å². The molecule has 0 aliphatic carbocycles. The summed E-state index contributed by atoms with van der Waals surface area (Å²) in [5.41, 5.74) is 3.24. The Balaban J connectivity index is 2.54. The minimum Gasteiger partial charge on any atom is -0.507 e. The molecule has 2 atom stereocenters. The molecule has 0 amide bonds. The second kappa shape index (κ2) is 5.82. The highest BCUT2D eigenvalue weighted by Gasteiger charge is 2.31. The van der Waals surface area contributed by atoms with Gasteiger partial charge in [0.2, 0.25) is 0 Å². The van der Waals surface area contributed by atoms with Crippen molar-refractivity contribution in [2.45, 2.75) is 77.9 Å². The fraction of sp³-hybridized carbons (Fsp3) is 0.632. The first kappa shape index (κ1) is 17.8. The van der Waals surface area contributed by atoms with Crippen LogP contribution in [-0.2, 0) is 15.7 Å². The van der Waals surface area contributed by atoms with E-state index in [4.69, 9.17) is 4.84 Å². The minimum atomic E-state index is -0.558. The monoisotopic (exact) mass is 319 g/mol. The van der Waals surface area contributed by atoms with Crippen molar-refractivity contribution in [1.29, 1.82) is 0 Å². The molecule has 128 valence electrons. The Morgan fingerprint density at radius 1 is 1.09 bits per heavy atom. The molecule has 4 nitrogen and oxygen atoms in total. The lowest BCUT2D eigenvalue weighted by Crippen LogP contribution is -2.23. The third-order valence-electron chi connectivity index (χ3n) is 4.29. The van der Waals surface area contributed by atoms with E-state index in [1.165, 1.54) is 0 Å². The van der Waals surface area contributed by atoms with Gasteiger partial charge in [-0.15, -0.1) is 0 Å². The molecule has 0 saturated heterocycles. The largest absolute Gasteiger partial charge is 0.507 e. The normalized spacial score (nSPS) is 20.2. The molecule has 0 radical (unpaired) electrons. The molecule has 1 aromatic carbocycles. The van der Waals surface area contributed by atoms with Crippen molar-refractivity contribution in [1.82, 2.24) is 0 Å². The second-order valence-corrected chi connectivity index (χ2v) is 8.55. The standard InChI is InChI=1S/C19H29NO3/c1-11(21)16-10-15(20-23-16)12-8-13(18(2,3)4)17(22)14(9-12)19(5,6)7/h8-9,11,16,21-22H,10H2,1-7H3/t11-,16-/m0/s1. The number of phenols is 1. The highest BCUT2D eigenvalue weighted by molar-refractivity contribution is 6.02. The number of aromatic hydroxyl groups is 1. The molecule has 2 rings (SSSR count). The van der Waals surface area contributed by atoms with Crippen LogP contribution in [0.4, 0.5) is 0 Å². The van der Waals surface area contributed by atoms with Crippen LogP contribution in [0, 0.1) is 0 Å². The Morgan fingerprint density at radius 3 is 1.91 bits per heavy atom. The van der Waals surface area contributed by atoms with E-state index in [1.807, 2.05) is 12.1 Å². The van der Waals surface area contributed by atoms with Crippen LogP contribution in [0.2, 0.25) is 0 Å². The summed E-state index contributed by atoms with van der Waals surface area (Å²) in [6.07, 6.45) is -0.275. The van der Waals surface area contributed by atoms with Gasteiger partial charge in [-0.3, -0.25) is 0 Å². The third-order valence-corrected chi connectivity index (χ3v) is 4.29. The van der Waals surface area contributed by atoms with E-state index in [1.54, 1.807) is 6.92 Å². The molecular weight excluding hydrogens is 290 g/mol. The molecule has 0 fully saturated rings. The van der Waals surface area contributed by atoms with Crippen LogP contribution in [0.25, 0.3) is 0 Å². The summed E-state index contributed by atoms with van der Waals surface area (Å²) < 4.78 is 0. The number of aliphatic hydroxyl groups is 1. The summed E-state index contributed by atoms with van der Waals surface area (Å²) in [5, 5.41) is 24.6. The zero-order chi connectivity index (χ0) is 17.6. The molecule has 4 heteroatoms. The fourth-order valence-corrected chi connectivity index (χ4v) is 2.77. The first-order valence-electron chi connectivity index (χ1n) is 8.20. The Labute approximate surface area is 139 Å². The molecule has 0 bridgehead atoms. The van der Waals surface area contributed by atoms with E-state index in [9.17, 15) is 10.2 Å². The third kappa shape index (κ3) is 3.69. The van der Waals surface area contributed by atoms with Gasteiger partial charge in [-0.2, -0.15) is 0 Å². The maximum absolute atomic E-state index is 10.8. The zero-order valence-corrected chi connectivity index (χ0v) is 15.3. The molecule has 1 aliphatic heterocycles. The van der Waals surface area contributed by atoms with Gasteiger partial charge < -0.3 is 15.1 Å². The molecule has 1 aromatic rings. The number of aliphatic hydroxyl groups excluding tert-OH is 1. The lowest BCUT2D eigenvalue weighted by Gasteiger charge is -2.28. The van der Waals surface area contributed by atoms with Gasteiger partial charge in [-0.05, 0) is 29.9 Å². The maximum atomic E-state index is 10.8. The van der Waals surface area contributed by atoms with Crippen LogP contribution in [-0.4, -0.2) is 28.1 Å². The van der Waals surface area contributed by atoms with Crippen LogP contribution >= 0.6 is 0 Å². The van der Waals surface area contributed by atoms with E-state index >= 15 is 0 Å². The predicted octanol–water partition coefficient (Wildman–Crippen LogP) is 3.86. The molecule has 0 unspecified atom stereocenters. The average molecular weight is 319 g/mol. The number of hydrogen-bond donors (Lipinski definition) is 2. The van der Waals surface area contributed by atoms with Crippen molar-refractivity contribution in [2.24, 2.45) is 5.16 Å². The highest BCUT2D eigenvalue weighted by Crippen LogP contribution is 2.40. The summed E-state index contributed by atoms with van der Waals surface area (Å²) in [5.74, 6) is 0.361. The number of rotatable bonds is 2. The lowest BCUT2D eigenvalue weighted by molar-refractivity contribution is -0.00780. The summed E-state index contributed by atoms with van der Waals surface area (Å²) in [6.45, 7) is 14.2. The van der Waals surface area contributed by atoms with Crippen molar-refractivity contribution in [3.05, 3.63) is 28.8 Å². The lowest BCUT2D eigenvalue weighted by atomic mass is 9.78. The topological polar surface area (TPSA) is 62.0 Å². The number of nitrogens with zero attached hydrogens (tertiary/aromatic N) is 1.